The number of aromatic nitrogens is 2. The van der Waals surface area contributed by atoms with Gasteiger partial charge in [-0.05, 0) is 30.5 Å². The number of alkyl halides is 1. The summed E-state index contributed by atoms with van der Waals surface area (Å²) >= 11 is 12.1. The highest BCUT2D eigenvalue weighted by molar-refractivity contribution is 6.32. The van der Waals surface area contributed by atoms with Crippen molar-refractivity contribution < 1.29 is 0 Å². The Morgan fingerprint density at radius 1 is 1.33 bits per heavy atom. The first-order valence-electron chi connectivity index (χ1n) is 6.24. The van der Waals surface area contributed by atoms with Crippen LogP contribution in [0.1, 0.15) is 25.2 Å². The van der Waals surface area contributed by atoms with Crippen LogP contribution < -0.4 is 0 Å². The lowest BCUT2D eigenvalue weighted by molar-refractivity contribution is 0.518. The van der Waals surface area contributed by atoms with Crippen LogP contribution in [0, 0.1) is 12.8 Å². The molecule has 1 aromatic heterocycles. The van der Waals surface area contributed by atoms with E-state index in [1.165, 1.54) is 0 Å². The predicted octanol–water partition coefficient (Wildman–Crippen LogP) is 4.44. The van der Waals surface area contributed by atoms with Crippen molar-refractivity contribution in [2.24, 2.45) is 5.92 Å². The molecule has 0 unspecified atom stereocenters. The Labute approximate surface area is 118 Å². The molecular weight excluding hydrogens is 267 g/mol. The molecule has 0 aliphatic carbocycles. The molecular formula is C14H18Cl2N2. The van der Waals surface area contributed by atoms with Crippen LogP contribution in [0.2, 0.25) is 5.02 Å². The molecule has 98 valence electrons. The molecule has 0 spiro atoms. The van der Waals surface area contributed by atoms with Crippen LogP contribution >= 0.6 is 23.2 Å². The lowest BCUT2D eigenvalue weighted by Gasteiger charge is -2.12. The summed E-state index contributed by atoms with van der Waals surface area (Å²) in [6.45, 7) is 7.41. The van der Waals surface area contributed by atoms with Crippen LogP contribution in [0.15, 0.2) is 12.1 Å². The van der Waals surface area contributed by atoms with Crippen molar-refractivity contribution in [2.45, 2.75) is 33.7 Å². The molecule has 0 saturated heterocycles. The normalized spacial score (nSPS) is 11.7. The monoisotopic (exact) mass is 284 g/mol. The van der Waals surface area contributed by atoms with Gasteiger partial charge in [0, 0.05) is 23.9 Å². The van der Waals surface area contributed by atoms with Gasteiger partial charge in [0.1, 0.15) is 5.82 Å². The van der Waals surface area contributed by atoms with E-state index in [2.05, 4.69) is 23.4 Å². The first-order chi connectivity index (χ1) is 8.54. The number of imidazole rings is 1. The number of fused-ring (bicyclic) bond motifs is 1. The third kappa shape index (κ3) is 2.50. The van der Waals surface area contributed by atoms with E-state index < -0.39 is 0 Å². The number of halogens is 2. The van der Waals surface area contributed by atoms with E-state index in [0.717, 1.165) is 40.4 Å². The average molecular weight is 285 g/mol. The minimum atomic E-state index is 0.565. The molecule has 1 aromatic carbocycles. The van der Waals surface area contributed by atoms with Crippen molar-refractivity contribution in [1.82, 2.24) is 9.55 Å². The molecule has 0 saturated carbocycles. The van der Waals surface area contributed by atoms with Gasteiger partial charge in [-0.15, -0.1) is 11.6 Å². The largest absolute Gasteiger partial charge is 0.327 e. The lowest BCUT2D eigenvalue weighted by atomic mass is 10.1. The minimum absolute atomic E-state index is 0.565. The van der Waals surface area contributed by atoms with Gasteiger partial charge in [-0.25, -0.2) is 4.98 Å². The van der Waals surface area contributed by atoms with Crippen molar-refractivity contribution in [1.29, 1.82) is 0 Å². The third-order valence-electron chi connectivity index (χ3n) is 3.04. The number of nitrogens with zero attached hydrogens (tertiary/aromatic N) is 2. The molecule has 0 bridgehead atoms. The van der Waals surface area contributed by atoms with Gasteiger partial charge in [-0.1, -0.05) is 25.4 Å². The maximum atomic E-state index is 6.22. The molecule has 1 heterocycles. The molecule has 2 rings (SSSR count). The van der Waals surface area contributed by atoms with E-state index in [-0.39, 0.29) is 0 Å². The molecule has 0 aliphatic rings. The Balaban J connectivity index is 2.66. The van der Waals surface area contributed by atoms with Crippen LogP contribution in [0.3, 0.4) is 0 Å². The number of hydrogen-bond donors (Lipinski definition) is 0. The molecule has 0 N–H and O–H groups in total. The van der Waals surface area contributed by atoms with Gasteiger partial charge in [0.05, 0.1) is 11.0 Å². The second kappa shape index (κ2) is 5.50. The zero-order valence-corrected chi connectivity index (χ0v) is 12.5. The van der Waals surface area contributed by atoms with Crippen molar-refractivity contribution in [3.05, 3.63) is 28.5 Å². The van der Waals surface area contributed by atoms with Crippen LogP contribution in [-0.4, -0.2) is 15.4 Å². The lowest BCUT2D eigenvalue weighted by Crippen LogP contribution is -2.09. The van der Waals surface area contributed by atoms with E-state index >= 15 is 0 Å². The van der Waals surface area contributed by atoms with Gasteiger partial charge in [-0.2, -0.15) is 0 Å². The average Bonchev–Trinajstić information content (AvgIpc) is 2.63. The van der Waals surface area contributed by atoms with E-state index in [1.807, 2.05) is 19.1 Å². The Hall–Kier alpha value is -0.730. The fourth-order valence-electron chi connectivity index (χ4n) is 2.26. The van der Waals surface area contributed by atoms with Gasteiger partial charge in [-0.3, -0.25) is 0 Å². The SMILES string of the molecule is Cc1c(Cl)ccc2nc(CCCl)n(CC(C)C)c12. The number of hydrogen-bond acceptors (Lipinski definition) is 1. The standard InChI is InChI=1S/C14H18Cl2N2/c1-9(2)8-18-13(6-7-15)17-12-5-4-11(16)10(3)14(12)18/h4-5,9H,6-8H2,1-3H3. The van der Waals surface area contributed by atoms with E-state index in [0.29, 0.717) is 11.8 Å². The molecule has 18 heavy (non-hydrogen) atoms. The summed E-state index contributed by atoms with van der Waals surface area (Å²) in [5.74, 6) is 2.21. The molecule has 0 radical (unpaired) electrons. The maximum absolute atomic E-state index is 6.22. The topological polar surface area (TPSA) is 17.8 Å². The van der Waals surface area contributed by atoms with Gasteiger partial charge >= 0.3 is 0 Å². The summed E-state index contributed by atoms with van der Waals surface area (Å²) in [7, 11) is 0. The number of aryl methyl sites for hydroxylation is 2. The zero-order valence-electron chi connectivity index (χ0n) is 11.0. The van der Waals surface area contributed by atoms with Crippen molar-refractivity contribution in [2.75, 3.05) is 5.88 Å². The van der Waals surface area contributed by atoms with Gasteiger partial charge in [0.15, 0.2) is 0 Å². The van der Waals surface area contributed by atoms with Gasteiger partial charge in [0.2, 0.25) is 0 Å². The van der Waals surface area contributed by atoms with Gasteiger partial charge < -0.3 is 4.57 Å². The summed E-state index contributed by atoms with van der Waals surface area (Å²) in [6.07, 6.45) is 0.792. The summed E-state index contributed by atoms with van der Waals surface area (Å²) in [6, 6.07) is 3.90. The second-order valence-corrected chi connectivity index (χ2v) is 5.80. The Morgan fingerprint density at radius 3 is 2.67 bits per heavy atom. The van der Waals surface area contributed by atoms with Crippen LogP contribution in [0.5, 0.6) is 0 Å². The second-order valence-electron chi connectivity index (χ2n) is 5.01. The smallest absolute Gasteiger partial charge is 0.111 e. The Kier molecular flexibility index (Phi) is 4.18. The predicted molar refractivity (Wildman–Crippen MR) is 78.7 cm³/mol. The Morgan fingerprint density at radius 2 is 2.06 bits per heavy atom. The van der Waals surface area contributed by atoms with Crippen molar-refractivity contribution in [3.8, 4) is 0 Å². The minimum Gasteiger partial charge on any atom is -0.327 e. The van der Waals surface area contributed by atoms with E-state index in [4.69, 9.17) is 23.2 Å². The number of benzene rings is 1. The quantitative estimate of drug-likeness (QED) is 0.759. The summed E-state index contributed by atoms with van der Waals surface area (Å²) < 4.78 is 2.27. The molecule has 0 amide bonds. The highest BCUT2D eigenvalue weighted by Gasteiger charge is 2.14. The van der Waals surface area contributed by atoms with E-state index in [9.17, 15) is 0 Å². The summed E-state index contributed by atoms with van der Waals surface area (Å²) in [5, 5.41) is 0.796. The van der Waals surface area contributed by atoms with E-state index in [1.54, 1.807) is 0 Å². The van der Waals surface area contributed by atoms with Crippen LogP contribution in [0.25, 0.3) is 11.0 Å². The highest BCUT2D eigenvalue weighted by atomic mass is 35.5. The molecule has 4 heteroatoms. The molecule has 0 fully saturated rings. The maximum Gasteiger partial charge on any atom is 0.111 e. The van der Waals surface area contributed by atoms with Gasteiger partial charge in [0.25, 0.3) is 0 Å². The molecule has 2 nitrogen and oxygen atoms in total. The van der Waals surface area contributed by atoms with Crippen LogP contribution in [0.4, 0.5) is 0 Å². The molecule has 2 aromatic rings. The summed E-state index contributed by atoms with van der Waals surface area (Å²) in [5.41, 5.74) is 3.26. The molecule has 0 aliphatic heterocycles. The number of rotatable bonds is 4. The first-order valence-corrected chi connectivity index (χ1v) is 7.16. The molecule has 0 atom stereocenters. The van der Waals surface area contributed by atoms with Crippen molar-refractivity contribution in [3.63, 3.8) is 0 Å². The fourth-order valence-corrected chi connectivity index (χ4v) is 2.58. The highest BCUT2D eigenvalue weighted by Crippen LogP contribution is 2.27. The van der Waals surface area contributed by atoms with Crippen molar-refractivity contribution >= 4 is 34.2 Å². The third-order valence-corrected chi connectivity index (χ3v) is 3.64. The zero-order chi connectivity index (χ0) is 13.3. The Bertz CT molecular complexity index is 558. The fraction of sp³-hybridized carbons (Fsp3) is 0.500. The summed E-state index contributed by atoms with van der Waals surface area (Å²) in [4.78, 5) is 4.68. The first kappa shape index (κ1) is 13.7. The van der Waals surface area contributed by atoms with Crippen LogP contribution in [-0.2, 0) is 13.0 Å².